The topological polar surface area (TPSA) is 3.24 Å². The molecule has 0 aromatic heterocycles. The lowest BCUT2D eigenvalue weighted by atomic mass is 10.0. The Morgan fingerprint density at radius 1 is 1.00 bits per heavy atom. The van der Waals surface area contributed by atoms with E-state index >= 15 is 0 Å². The van der Waals surface area contributed by atoms with Crippen LogP contribution < -0.4 is 0 Å². The van der Waals surface area contributed by atoms with Gasteiger partial charge in [-0.2, -0.15) is 0 Å². The minimum Gasteiger partial charge on any atom is -0.300 e. The van der Waals surface area contributed by atoms with Gasteiger partial charge in [0.25, 0.3) is 0 Å². The van der Waals surface area contributed by atoms with Gasteiger partial charge in [-0.15, -0.1) is 0 Å². The van der Waals surface area contributed by atoms with Crippen molar-refractivity contribution < 1.29 is 0 Å². The van der Waals surface area contributed by atoms with Crippen molar-refractivity contribution in [1.29, 1.82) is 0 Å². The van der Waals surface area contributed by atoms with Crippen LogP contribution in [0.25, 0.3) is 16.7 Å². The van der Waals surface area contributed by atoms with E-state index in [-0.39, 0.29) is 0 Å². The Bertz CT molecular complexity index is 671. The number of rotatable bonds is 6. The molecule has 0 radical (unpaired) electrons. The normalized spacial score (nSPS) is 12.0. The van der Waals surface area contributed by atoms with E-state index in [4.69, 9.17) is 23.2 Å². The summed E-state index contributed by atoms with van der Waals surface area (Å²) < 4.78 is 0. The first-order valence-corrected chi connectivity index (χ1v) is 8.75. The third-order valence-corrected chi connectivity index (χ3v) is 4.68. The zero-order valence-corrected chi connectivity index (χ0v) is 15.5. The maximum atomic E-state index is 6.28. The summed E-state index contributed by atoms with van der Waals surface area (Å²) in [6.07, 6.45) is 2.29. The summed E-state index contributed by atoms with van der Waals surface area (Å²) in [5.41, 5.74) is 4.65. The number of hydrogen-bond donors (Lipinski definition) is 0. The van der Waals surface area contributed by atoms with Crippen molar-refractivity contribution in [2.45, 2.75) is 20.8 Å². The van der Waals surface area contributed by atoms with E-state index in [9.17, 15) is 0 Å². The third kappa shape index (κ3) is 4.84. The number of halogens is 2. The van der Waals surface area contributed by atoms with E-state index < -0.39 is 0 Å². The standard InChI is InChI=1S/C20H23Cl2N/c1-4-23(5-2)13-12-15(3)16-6-8-17(9-7-16)19-11-10-18(21)14-20(19)22/h6-12,14H,4-5,13H2,1-3H3/b15-12-. The average molecular weight is 348 g/mol. The summed E-state index contributed by atoms with van der Waals surface area (Å²) in [4.78, 5) is 2.39. The Morgan fingerprint density at radius 3 is 2.22 bits per heavy atom. The van der Waals surface area contributed by atoms with E-state index in [1.54, 1.807) is 6.07 Å². The maximum absolute atomic E-state index is 6.28. The summed E-state index contributed by atoms with van der Waals surface area (Å²) in [6, 6.07) is 14.1. The highest BCUT2D eigenvalue weighted by Gasteiger charge is 2.05. The first-order valence-electron chi connectivity index (χ1n) is 8.00. The number of benzene rings is 2. The predicted octanol–water partition coefficient (Wildman–Crippen LogP) is 6.41. The van der Waals surface area contributed by atoms with Gasteiger partial charge >= 0.3 is 0 Å². The van der Waals surface area contributed by atoms with Crippen LogP contribution in [-0.4, -0.2) is 24.5 Å². The van der Waals surface area contributed by atoms with E-state index in [2.05, 4.69) is 56.0 Å². The van der Waals surface area contributed by atoms with Gasteiger partial charge in [0.15, 0.2) is 0 Å². The first-order chi connectivity index (χ1) is 11.0. The molecule has 2 aromatic rings. The van der Waals surface area contributed by atoms with Gasteiger partial charge in [0.1, 0.15) is 0 Å². The quantitative estimate of drug-likeness (QED) is 0.583. The van der Waals surface area contributed by atoms with Gasteiger partial charge in [0, 0.05) is 22.2 Å². The molecule has 23 heavy (non-hydrogen) atoms. The molecule has 0 aliphatic carbocycles. The molecule has 1 nitrogen and oxygen atoms in total. The second kappa shape index (κ2) is 8.54. The molecule has 2 aromatic carbocycles. The fourth-order valence-corrected chi connectivity index (χ4v) is 3.02. The largest absolute Gasteiger partial charge is 0.300 e. The lowest BCUT2D eigenvalue weighted by molar-refractivity contribution is 0.337. The molecule has 0 amide bonds. The van der Waals surface area contributed by atoms with E-state index in [1.807, 2.05) is 12.1 Å². The zero-order chi connectivity index (χ0) is 16.8. The summed E-state index contributed by atoms with van der Waals surface area (Å²) in [6.45, 7) is 9.69. The zero-order valence-electron chi connectivity index (χ0n) is 13.9. The highest BCUT2D eigenvalue weighted by molar-refractivity contribution is 6.36. The molecular weight excluding hydrogens is 325 g/mol. The van der Waals surface area contributed by atoms with Crippen molar-refractivity contribution in [1.82, 2.24) is 4.90 Å². The van der Waals surface area contributed by atoms with Gasteiger partial charge in [-0.1, -0.05) is 73.5 Å². The third-order valence-electron chi connectivity index (χ3n) is 4.13. The Labute approximate surface area is 149 Å². The minimum absolute atomic E-state index is 0.658. The van der Waals surface area contributed by atoms with Gasteiger partial charge < -0.3 is 4.90 Å². The second-order valence-corrected chi connectivity index (χ2v) is 6.42. The Kier molecular flexibility index (Phi) is 6.71. The van der Waals surface area contributed by atoms with E-state index in [1.165, 1.54) is 11.1 Å². The molecule has 0 unspecified atom stereocenters. The Morgan fingerprint density at radius 2 is 1.65 bits per heavy atom. The van der Waals surface area contributed by atoms with Crippen LogP contribution in [0.5, 0.6) is 0 Å². The average Bonchev–Trinajstić information content (AvgIpc) is 2.56. The highest BCUT2D eigenvalue weighted by atomic mass is 35.5. The van der Waals surface area contributed by atoms with Gasteiger partial charge in [-0.05, 0) is 48.8 Å². The monoisotopic (exact) mass is 347 g/mol. The van der Waals surface area contributed by atoms with Gasteiger partial charge in [0.2, 0.25) is 0 Å². The van der Waals surface area contributed by atoms with Crippen LogP contribution in [-0.2, 0) is 0 Å². The molecule has 0 saturated carbocycles. The lowest BCUT2D eigenvalue weighted by Crippen LogP contribution is -2.22. The molecule has 2 rings (SSSR count). The molecule has 0 fully saturated rings. The molecular formula is C20H23Cl2N. The van der Waals surface area contributed by atoms with Gasteiger partial charge in [-0.25, -0.2) is 0 Å². The van der Waals surface area contributed by atoms with Crippen molar-refractivity contribution in [3.05, 3.63) is 64.1 Å². The van der Waals surface area contributed by atoms with E-state index in [0.29, 0.717) is 10.0 Å². The first kappa shape index (κ1) is 18.1. The molecule has 0 atom stereocenters. The van der Waals surface area contributed by atoms with Crippen LogP contribution in [0.4, 0.5) is 0 Å². The van der Waals surface area contributed by atoms with Crippen LogP contribution in [0.3, 0.4) is 0 Å². The smallest absolute Gasteiger partial charge is 0.0499 e. The Hall–Kier alpha value is -1.28. The predicted molar refractivity (Wildman–Crippen MR) is 103 cm³/mol. The Balaban J connectivity index is 2.17. The molecule has 0 aliphatic heterocycles. The minimum atomic E-state index is 0.658. The fraction of sp³-hybridized carbons (Fsp3) is 0.300. The molecule has 0 heterocycles. The van der Waals surface area contributed by atoms with Crippen molar-refractivity contribution in [3.63, 3.8) is 0 Å². The SMILES string of the molecule is CCN(CC)C/C=C(/C)c1ccc(-c2ccc(Cl)cc2Cl)cc1. The summed E-state index contributed by atoms with van der Waals surface area (Å²) >= 11 is 12.2. The van der Waals surface area contributed by atoms with Crippen LogP contribution in [0, 0.1) is 0 Å². The van der Waals surface area contributed by atoms with Crippen molar-refractivity contribution in [2.24, 2.45) is 0 Å². The van der Waals surface area contributed by atoms with Crippen molar-refractivity contribution >= 4 is 28.8 Å². The van der Waals surface area contributed by atoms with Crippen LogP contribution in [0.15, 0.2) is 48.5 Å². The second-order valence-electron chi connectivity index (χ2n) is 5.57. The van der Waals surface area contributed by atoms with Crippen molar-refractivity contribution in [2.75, 3.05) is 19.6 Å². The molecule has 122 valence electrons. The highest BCUT2D eigenvalue weighted by Crippen LogP contribution is 2.31. The molecule has 3 heteroatoms. The number of hydrogen-bond acceptors (Lipinski definition) is 1. The summed E-state index contributed by atoms with van der Waals surface area (Å²) in [5.74, 6) is 0. The van der Waals surface area contributed by atoms with E-state index in [0.717, 1.165) is 30.8 Å². The molecule has 0 saturated heterocycles. The van der Waals surface area contributed by atoms with Crippen LogP contribution in [0.2, 0.25) is 10.0 Å². The van der Waals surface area contributed by atoms with Crippen LogP contribution >= 0.6 is 23.2 Å². The number of allylic oxidation sites excluding steroid dienone is 1. The van der Waals surface area contributed by atoms with Crippen molar-refractivity contribution in [3.8, 4) is 11.1 Å². The van der Waals surface area contributed by atoms with Gasteiger partial charge in [0.05, 0.1) is 0 Å². The lowest BCUT2D eigenvalue weighted by Gasteiger charge is -2.16. The fourth-order valence-electron chi connectivity index (χ4n) is 2.50. The van der Waals surface area contributed by atoms with Crippen LogP contribution in [0.1, 0.15) is 26.3 Å². The summed E-state index contributed by atoms with van der Waals surface area (Å²) in [5, 5.41) is 1.34. The summed E-state index contributed by atoms with van der Waals surface area (Å²) in [7, 11) is 0. The number of nitrogens with zero attached hydrogens (tertiary/aromatic N) is 1. The number of likely N-dealkylation sites (N-methyl/N-ethyl adjacent to an activating group) is 1. The molecule has 0 spiro atoms. The molecule has 0 bridgehead atoms. The maximum Gasteiger partial charge on any atom is 0.0499 e. The molecule has 0 aliphatic rings. The van der Waals surface area contributed by atoms with Gasteiger partial charge in [-0.3, -0.25) is 0 Å². The molecule has 0 N–H and O–H groups in total.